The molecule has 0 amide bonds. The van der Waals surface area contributed by atoms with Crippen molar-refractivity contribution in [3.63, 3.8) is 0 Å². The predicted molar refractivity (Wildman–Crippen MR) is 152 cm³/mol. The molecular formula is C34H28O9. The summed E-state index contributed by atoms with van der Waals surface area (Å²) in [5.41, 5.74) is 1.54. The first kappa shape index (κ1) is 28.3. The van der Waals surface area contributed by atoms with Gasteiger partial charge >= 0.3 is 17.9 Å². The van der Waals surface area contributed by atoms with Gasteiger partial charge in [-0.15, -0.1) is 0 Å². The fourth-order valence-electron chi connectivity index (χ4n) is 4.96. The molecule has 0 spiro atoms. The van der Waals surface area contributed by atoms with Crippen molar-refractivity contribution >= 4 is 17.9 Å². The Kier molecular flexibility index (Phi) is 8.55. The predicted octanol–water partition coefficient (Wildman–Crippen LogP) is 5.13. The standard InChI is InChI=1S/C34H28O9/c35-30(22-13-5-1-6-14-22)40-28-27-26(21-38-33(42-27)25-19-11-4-12-20-25)39-34(43-32(37)24-17-9-3-10-18-24)29(28)41-31(36)23-15-7-2-8-16-23/h1-20,26-29,33-34H,21H2. The number of benzene rings is 4. The van der Waals surface area contributed by atoms with E-state index in [1.165, 1.54) is 0 Å². The Labute approximate surface area is 247 Å². The quantitative estimate of drug-likeness (QED) is 0.217. The number of carbonyl (C=O) groups excluding carboxylic acids is 3. The summed E-state index contributed by atoms with van der Waals surface area (Å²) in [6, 6.07) is 34.3. The Morgan fingerprint density at radius 2 is 0.977 bits per heavy atom. The fourth-order valence-corrected chi connectivity index (χ4v) is 4.96. The summed E-state index contributed by atoms with van der Waals surface area (Å²) in [6.45, 7) is 0.0301. The van der Waals surface area contributed by atoms with E-state index in [2.05, 4.69) is 0 Å². The van der Waals surface area contributed by atoms with Crippen LogP contribution in [0.3, 0.4) is 0 Å². The van der Waals surface area contributed by atoms with E-state index in [0.717, 1.165) is 5.56 Å². The van der Waals surface area contributed by atoms with Crippen LogP contribution in [0.25, 0.3) is 0 Å². The van der Waals surface area contributed by atoms with Gasteiger partial charge < -0.3 is 28.4 Å². The molecule has 6 atom stereocenters. The summed E-state index contributed by atoms with van der Waals surface area (Å²) in [5, 5.41) is 0. The molecule has 4 aromatic rings. The summed E-state index contributed by atoms with van der Waals surface area (Å²) < 4.78 is 36.2. The van der Waals surface area contributed by atoms with Crippen LogP contribution in [0.15, 0.2) is 121 Å². The summed E-state index contributed by atoms with van der Waals surface area (Å²) in [6.07, 6.45) is -6.64. The smallest absolute Gasteiger partial charge is 0.340 e. The zero-order chi connectivity index (χ0) is 29.6. The van der Waals surface area contributed by atoms with Gasteiger partial charge in [-0.3, -0.25) is 0 Å². The molecule has 0 aromatic heterocycles. The molecular weight excluding hydrogens is 552 g/mol. The van der Waals surface area contributed by atoms with Crippen LogP contribution in [0.2, 0.25) is 0 Å². The van der Waals surface area contributed by atoms with Crippen LogP contribution in [-0.4, -0.2) is 55.2 Å². The van der Waals surface area contributed by atoms with Crippen LogP contribution in [0.1, 0.15) is 42.9 Å². The molecule has 2 aliphatic rings. The molecule has 2 saturated heterocycles. The second-order valence-corrected chi connectivity index (χ2v) is 9.96. The molecule has 9 heteroatoms. The van der Waals surface area contributed by atoms with Gasteiger partial charge in [0.1, 0.15) is 12.2 Å². The van der Waals surface area contributed by atoms with Crippen molar-refractivity contribution in [2.45, 2.75) is 37.0 Å². The van der Waals surface area contributed by atoms with Gasteiger partial charge in [-0.05, 0) is 36.4 Å². The van der Waals surface area contributed by atoms with Crippen molar-refractivity contribution in [1.29, 1.82) is 0 Å². The highest BCUT2D eigenvalue weighted by atomic mass is 16.8. The normalized spacial score (nSPS) is 24.7. The Morgan fingerprint density at radius 1 is 0.535 bits per heavy atom. The van der Waals surface area contributed by atoms with Gasteiger partial charge in [-0.25, -0.2) is 14.4 Å². The SMILES string of the molecule is O=C(OC1OC2COC(c3ccccc3)OC2C(OC(=O)c2ccccc2)C1OC(=O)c1ccccc1)c1ccccc1. The summed E-state index contributed by atoms with van der Waals surface area (Å²) in [7, 11) is 0. The molecule has 9 nitrogen and oxygen atoms in total. The van der Waals surface area contributed by atoms with Crippen LogP contribution in [0.5, 0.6) is 0 Å². The molecule has 0 saturated carbocycles. The minimum absolute atomic E-state index is 0.0301. The zero-order valence-electron chi connectivity index (χ0n) is 22.9. The highest BCUT2D eigenvalue weighted by Crippen LogP contribution is 2.37. The summed E-state index contributed by atoms with van der Waals surface area (Å²) >= 11 is 0. The molecule has 2 aliphatic heterocycles. The van der Waals surface area contributed by atoms with Gasteiger partial charge in [0.05, 0.1) is 23.3 Å². The van der Waals surface area contributed by atoms with Crippen molar-refractivity contribution in [3.05, 3.63) is 144 Å². The van der Waals surface area contributed by atoms with E-state index in [9.17, 15) is 14.4 Å². The molecule has 4 aromatic carbocycles. The molecule has 2 heterocycles. The highest BCUT2D eigenvalue weighted by molar-refractivity contribution is 5.91. The lowest BCUT2D eigenvalue weighted by atomic mass is 9.96. The maximum Gasteiger partial charge on any atom is 0.340 e. The average molecular weight is 581 g/mol. The monoisotopic (exact) mass is 580 g/mol. The van der Waals surface area contributed by atoms with E-state index >= 15 is 0 Å². The number of esters is 3. The van der Waals surface area contributed by atoms with Gasteiger partial charge in [0.15, 0.2) is 12.4 Å². The first-order valence-electron chi connectivity index (χ1n) is 13.8. The summed E-state index contributed by atoms with van der Waals surface area (Å²) in [5.74, 6) is -2.11. The van der Waals surface area contributed by atoms with Gasteiger partial charge in [0.2, 0.25) is 12.4 Å². The second kappa shape index (κ2) is 13.0. The minimum Gasteiger partial charge on any atom is -0.452 e. The van der Waals surface area contributed by atoms with E-state index < -0.39 is 54.9 Å². The molecule has 2 fully saturated rings. The Balaban J connectivity index is 1.36. The van der Waals surface area contributed by atoms with Crippen LogP contribution >= 0.6 is 0 Å². The fraction of sp³-hybridized carbons (Fsp3) is 0.206. The Bertz CT molecular complexity index is 1530. The van der Waals surface area contributed by atoms with E-state index in [1.807, 2.05) is 30.3 Å². The van der Waals surface area contributed by atoms with Crippen molar-refractivity contribution in [2.75, 3.05) is 6.61 Å². The number of hydrogen-bond acceptors (Lipinski definition) is 9. The lowest BCUT2D eigenvalue weighted by Crippen LogP contribution is -2.64. The molecule has 6 rings (SSSR count). The van der Waals surface area contributed by atoms with Gasteiger partial charge in [-0.2, -0.15) is 0 Å². The maximum absolute atomic E-state index is 13.4. The van der Waals surface area contributed by atoms with Crippen molar-refractivity contribution in [1.82, 2.24) is 0 Å². The van der Waals surface area contributed by atoms with Gasteiger partial charge in [0.25, 0.3) is 0 Å². The zero-order valence-corrected chi connectivity index (χ0v) is 22.9. The van der Waals surface area contributed by atoms with E-state index in [-0.39, 0.29) is 23.3 Å². The third kappa shape index (κ3) is 6.49. The van der Waals surface area contributed by atoms with Crippen molar-refractivity contribution in [2.24, 2.45) is 0 Å². The lowest BCUT2D eigenvalue weighted by molar-refractivity contribution is -0.351. The van der Waals surface area contributed by atoms with Crippen molar-refractivity contribution < 1.29 is 42.8 Å². The van der Waals surface area contributed by atoms with Crippen LogP contribution in [0, 0.1) is 0 Å². The van der Waals surface area contributed by atoms with Crippen LogP contribution in [0.4, 0.5) is 0 Å². The number of rotatable bonds is 7. The van der Waals surface area contributed by atoms with E-state index in [1.54, 1.807) is 91.0 Å². The molecule has 6 unspecified atom stereocenters. The first-order chi connectivity index (χ1) is 21.1. The largest absolute Gasteiger partial charge is 0.452 e. The van der Waals surface area contributed by atoms with Gasteiger partial charge in [-0.1, -0.05) is 84.9 Å². The third-order valence-corrected chi connectivity index (χ3v) is 7.09. The summed E-state index contributed by atoms with van der Waals surface area (Å²) in [4.78, 5) is 39.9. The van der Waals surface area contributed by atoms with Crippen molar-refractivity contribution in [3.8, 4) is 0 Å². The van der Waals surface area contributed by atoms with Gasteiger partial charge in [0, 0.05) is 5.56 Å². The third-order valence-electron chi connectivity index (χ3n) is 7.09. The highest BCUT2D eigenvalue weighted by Gasteiger charge is 2.55. The maximum atomic E-state index is 13.4. The average Bonchev–Trinajstić information content (AvgIpc) is 3.07. The Hall–Kier alpha value is -4.83. The molecule has 0 N–H and O–H groups in total. The van der Waals surface area contributed by atoms with Crippen LogP contribution in [-0.2, 0) is 28.4 Å². The van der Waals surface area contributed by atoms with E-state index in [4.69, 9.17) is 28.4 Å². The molecule has 0 radical (unpaired) electrons. The molecule has 218 valence electrons. The molecule has 43 heavy (non-hydrogen) atoms. The van der Waals surface area contributed by atoms with E-state index in [0.29, 0.717) is 0 Å². The molecule has 0 aliphatic carbocycles. The topological polar surface area (TPSA) is 107 Å². The Morgan fingerprint density at radius 3 is 1.49 bits per heavy atom. The minimum atomic E-state index is -1.45. The number of ether oxygens (including phenoxy) is 6. The first-order valence-corrected chi connectivity index (χ1v) is 13.8. The number of carbonyl (C=O) groups is 3. The van der Waals surface area contributed by atoms with Crippen LogP contribution < -0.4 is 0 Å². The lowest BCUT2D eigenvalue weighted by Gasteiger charge is -2.47. The number of hydrogen-bond donors (Lipinski definition) is 0. The second-order valence-electron chi connectivity index (χ2n) is 9.96. The molecule has 0 bridgehead atoms. The number of fused-ring (bicyclic) bond motifs is 1.